The highest BCUT2D eigenvalue weighted by Crippen LogP contribution is 2.47. The number of hydrogen-bond acceptors (Lipinski definition) is 5. The summed E-state index contributed by atoms with van der Waals surface area (Å²) in [5.41, 5.74) is 0. The summed E-state index contributed by atoms with van der Waals surface area (Å²) in [7, 11) is 1.36. The second kappa shape index (κ2) is 11.8. The summed E-state index contributed by atoms with van der Waals surface area (Å²) < 4.78 is 25.8. The number of methoxy groups -OCH3 is 1. The summed E-state index contributed by atoms with van der Waals surface area (Å²) in [5.74, 6) is -0.961. The predicted molar refractivity (Wildman–Crippen MR) is 114 cm³/mol. The molecule has 0 radical (unpaired) electrons. The molecule has 28 heavy (non-hydrogen) atoms. The molecule has 0 aromatic carbocycles. The number of esters is 1. The number of aliphatic hydroxyl groups is 2. The fourth-order valence-corrected chi connectivity index (χ4v) is 5.33. The maximum absolute atomic E-state index is 15.2. The maximum Gasteiger partial charge on any atom is 0.305 e. The van der Waals surface area contributed by atoms with Crippen LogP contribution in [-0.4, -0.2) is 57.8 Å². The number of ether oxygens (including phenoxy) is 2. The zero-order valence-corrected chi connectivity index (χ0v) is 19.0. The molecule has 0 amide bonds. The van der Waals surface area contributed by atoms with E-state index in [1.807, 2.05) is 0 Å². The average molecular weight is 512 g/mol. The Kier molecular flexibility index (Phi) is 10.1. The lowest BCUT2D eigenvalue weighted by molar-refractivity contribution is -0.140. The van der Waals surface area contributed by atoms with Crippen molar-refractivity contribution in [2.45, 2.75) is 92.8 Å². The molecule has 1 saturated carbocycles. The van der Waals surface area contributed by atoms with E-state index in [1.54, 1.807) is 12.2 Å². The average Bonchev–Trinajstić information content (AvgIpc) is 3.15. The third kappa shape index (κ3) is 6.37. The molecule has 1 aliphatic carbocycles. The Balaban J connectivity index is 1.89. The highest BCUT2D eigenvalue weighted by molar-refractivity contribution is 14.1. The molecule has 1 saturated heterocycles. The molecule has 0 bridgehead atoms. The molecule has 2 rings (SSSR count). The van der Waals surface area contributed by atoms with Crippen molar-refractivity contribution in [2.24, 2.45) is 11.8 Å². The molecule has 3 unspecified atom stereocenters. The van der Waals surface area contributed by atoms with E-state index in [0.717, 1.165) is 19.3 Å². The third-order valence-electron chi connectivity index (χ3n) is 5.91. The van der Waals surface area contributed by atoms with Crippen LogP contribution in [0.1, 0.15) is 58.3 Å². The van der Waals surface area contributed by atoms with E-state index < -0.39 is 24.5 Å². The minimum absolute atomic E-state index is 0.0377. The van der Waals surface area contributed by atoms with Gasteiger partial charge in [0.2, 0.25) is 0 Å². The van der Waals surface area contributed by atoms with E-state index in [-0.39, 0.29) is 27.8 Å². The van der Waals surface area contributed by atoms with Crippen molar-refractivity contribution < 1.29 is 28.9 Å². The van der Waals surface area contributed by atoms with Gasteiger partial charge in [-0.1, -0.05) is 60.9 Å². The lowest BCUT2D eigenvalue weighted by Crippen LogP contribution is -2.34. The van der Waals surface area contributed by atoms with Crippen LogP contribution in [0.4, 0.5) is 4.39 Å². The van der Waals surface area contributed by atoms with Crippen LogP contribution in [0.25, 0.3) is 0 Å². The second-order valence-electron chi connectivity index (χ2n) is 7.97. The highest BCUT2D eigenvalue weighted by Gasteiger charge is 2.55. The number of fused-ring (bicyclic) bond motifs is 1. The Labute approximate surface area is 181 Å². The van der Waals surface area contributed by atoms with E-state index in [4.69, 9.17) is 4.74 Å². The van der Waals surface area contributed by atoms with Gasteiger partial charge in [0.1, 0.15) is 12.3 Å². The number of rotatable bonds is 11. The summed E-state index contributed by atoms with van der Waals surface area (Å²) in [6.45, 7) is 2.12. The van der Waals surface area contributed by atoms with Gasteiger partial charge in [0, 0.05) is 28.6 Å². The summed E-state index contributed by atoms with van der Waals surface area (Å²) in [4.78, 5) is 11.2. The maximum atomic E-state index is 15.2. The monoisotopic (exact) mass is 512 g/mol. The standard InChI is InChI=1S/C21H34FIO5/c1-3-4-5-7-13(24)10-11-14-16(25)12-17-19(14)20(22)21(28-17)15(23)8-6-9-18(26)27-2/h10-11,13-17,19-21,24-25H,3-9,12H2,1-2H3/b11-10+/t13-,14-,15?,16+,17-,19+,20?,21?/m0/s1. The summed E-state index contributed by atoms with van der Waals surface area (Å²) in [6, 6.07) is 0. The molecule has 0 spiro atoms. The zero-order chi connectivity index (χ0) is 20.7. The number of hydrogen-bond donors (Lipinski definition) is 2. The number of halogens is 2. The van der Waals surface area contributed by atoms with Crippen molar-refractivity contribution in [3.8, 4) is 0 Å². The molecule has 1 heterocycles. The van der Waals surface area contributed by atoms with E-state index in [9.17, 15) is 15.0 Å². The number of aliphatic hydroxyl groups excluding tert-OH is 2. The molecule has 5 nitrogen and oxygen atoms in total. The molecule has 7 heteroatoms. The first kappa shape index (κ1) is 24.0. The van der Waals surface area contributed by atoms with Crippen molar-refractivity contribution >= 4 is 28.6 Å². The van der Waals surface area contributed by atoms with Gasteiger partial charge in [0.15, 0.2) is 0 Å². The zero-order valence-electron chi connectivity index (χ0n) is 16.8. The van der Waals surface area contributed by atoms with Gasteiger partial charge in [-0.3, -0.25) is 4.79 Å². The van der Waals surface area contributed by atoms with Crippen molar-refractivity contribution in [3.63, 3.8) is 0 Å². The molecule has 8 atom stereocenters. The van der Waals surface area contributed by atoms with Crippen molar-refractivity contribution in [2.75, 3.05) is 7.11 Å². The van der Waals surface area contributed by atoms with Crippen LogP contribution in [0.2, 0.25) is 0 Å². The molecule has 2 fully saturated rings. The van der Waals surface area contributed by atoms with Crippen LogP contribution in [0.5, 0.6) is 0 Å². The van der Waals surface area contributed by atoms with Crippen LogP contribution < -0.4 is 0 Å². The van der Waals surface area contributed by atoms with Crippen LogP contribution in [0.15, 0.2) is 12.2 Å². The van der Waals surface area contributed by atoms with Gasteiger partial charge < -0.3 is 19.7 Å². The van der Waals surface area contributed by atoms with Crippen LogP contribution in [-0.2, 0) is 14.3 Å². The summed E-state index contributed by atoms with van der Waals surface area (Å²) in [6.07, 6.45) is 6.24. The van der Waals surface area contributed by atoms with Gasteiger partial charge in [-0.2, -0.15) is 0 Å². The fraction of sp³-hybridized carbons (Fsp3) is 0.857. The third-order valence-corrected chi connectivity index (χ3v) is 7.24. The predicted octanol–water partition coefficient (Wildman–Crippen LogP) is 3.73. The van der Waals surface area contributed by atoms with E-state index in [2.05, 4.69) is 34.3 Å². The topological polar surface area (TPSA) is 76.0 Å². The van der Waals surface area contributed by atoms with Crippen molar-refractivity contribution in [3.05, 3.63) is 12.2 Å². The van der Waals surface area contributed by atoms with Crippen LogP contribution in [0.3, 0.4) is 0 Å². The first-order valence-electron chi connectivity index (χ1n) is 10.4. The molecular formula is C21H34FIO5. The molecule has 2 N–H and O–H groups in total. The van der Waals surface area contributed by atoms with Crippen LogP contribution in [0, 0.1) is 11.8 Å². The van der Waals surface area contributed by atoms with E-state index in [1.165, 1.54) is 7.11 Å². The number of carbonyl (C=O) groups is 1. The number of alkyl halides is 2. The minimum Gasteiger partial charge on any atom is -0.469 e. The van der Waals surface area contributed by atoms with Gasteiger partial charge in [-0.05, 0) is 19.3 Å². The summed E-state index contributed by atoms with van der Waals surface area (Å²) in [5, 5.41) is 20.5. The molecule has 162 valence electrons. The molecular weight excluding hydrogens is 478 g/mol. The Morgan fingerprint density at radius 2 is 2.11 bits per heavy atom. The number of unbranched alkanes of at least 4 members (excludes halogenated alkanes) is 2. The van der Waals surface area contributed by atoms with Crippen molar-refractivity contribution in [1.82, 2.24) is 0 Å². The molecule has 2 aliphatic rings. The van der Waals surface area contributed by atoms with Crippen LogP contribution >= 0.6 is 22.6 Å². The molecule has 0 aromatic heterocycles. The molecule has 1 aliphatic heterocycles. The van der Waals surface area contributed by atoms with Gasteiger partial charge in [0.05, 0.1) is 25.4 Å². The van der Waals surface area contributed by atoms with Crippen molar-refractivity contribution in [1.29, 1.82) is 0 Å². The SMILES string of the molecule is CCCCC[C@H](O)/C=C/[C@@H]1[C@H]2C(F)C(C(I)CCCC(=O)OC)O[C@H]2C[C@H]1O. The Morgan fingerprint density at radius 3 is 2.79 bits per heavy atom. The number of carbonyl (C=O) groups excluding carboxylic acids is 1. The first-order chi connectivity index (χ1) is 13.4. The Hall–Kier alpha value is -0.250. The lowest BCUT2D eigenvalue weighted by atomic mass is 9.87. The minimum atomic E-state index is -1.16. The van der Waals surface area contributed by atoms with E-state index >= 15 is 4.39 Å². The van der Waals surface area contributed by atoms with Gasteiger partial charge in [-0.25, -0.2) is 4.39 Å². The smallest absolute Gasteiger partial charge is 0.305 e. The Morgan fingerprint density at radius 1 is 1.36 bits per heavy atom. The van der Waals surface area contributed by atoms with E-state index in [0.29, 0.717) is 32.1 Å². The lowest BCUT2D eigenvalue weighted by Gasteiger charge is -2.24. The molecule has 0 aromatic rings. The van der Waals surface area contributed by atoms with Gasteiger partial charge in [-0.15, -0.1) is 0 Å². The Bertz CT molecular complexity index is 517. The highest BCUT2D eigenvalue weighted by atomic mass is 127. The second-order valence-corrected chi connectivity index (χ2v) is 9.57. The van der Waals surface area contributed by atoms with Gasteiger partial charge in [0.25, 0.3) is 0 Å². The normalized spacial score (nSPS) is 34.5. The largest absolute Gasteiger partial charge is 0.469 e. The first-order valence-corrected chi connectivity index (χ1v) is 11.7. The quantitative estimate of drug-likeness (QED) is 0.145. The van der Waals surface area contributed by atoms with Gasteiger partial charge >= 0.3 is 5.97 Å². The fourth-order valence-electron chi connectivity index (χ4n) is 4.32. The summed E-state index contributed by atoms with van der Waals surface area (Å²) >= 11 is 2.20.